The van der Waals surface area contributed by atoms with Gasteiger partial charge in [0.25, 0.3) is 0 Å². The lowest BCUT2D eigenvalue weighted by Gasteiger charge is -2.22. The quantitative estimate of drug-likeness (QED) is 0.790. The minimum atomic E-state index is -0.834. The lowest BCUT2D eigenvalue weighted by Crippen LogP contribution is -2.27. The van der Waals surface area contributed by atoms with Crippen LogP contribution in [0.3, 0.4) is 0 Å². The summed E-state index contributed by atoms with van der Waals surface area (Å²) >= 11 is 0. The molecule has 3 N–H and O–H groups in total. The summed E-state index contributed by atoms with van der Waals surface area (Å²) in [5.41, 5.74) is 7.84. The van der Waals surface area contributed by atoms with Crippen LogP contribution in [0.4, 0.5) is 0 Å². The molecule has 0 saturated heterocycles. The first-order chi connectivity index (χ1) is 8.06. The third-order valence-corrected chi connectivity index (χ3v) is 2.78. The molecule has 0 aliphatic heterocycles. The summed E-state index contributed by atoms with van der Waals surface area (Å²) in [4.78, 5) is 10.9. The number of rotatable bonds is 6. The summed E-state index contributed by atoms with van der Waals surface area (Å²) in [6.45, 7) is 2.30. The maximum Gasteiger partial charge on any atom is 0.304 e. The number of hydrogen-bond acceptors (Lipinski definition) is 3. The fraction of sp³-hybridized carbons (Fsp3) is 0.462. The zero-order valence-electron chi connectivity index (χ0n) is 10.2. The summed E-state index contributed by atoms with van der Waals surface area (Å²) in [5.74, 6) is -1.02. The van der Waals surface area contributed by atoms with Gasteiger partial charge in [0.05, 0.1) is 13.0 Å². The van der Waals surface area contributed by atoms with Gasteiger partial charge in [0.15, 0.2) is 0 Å². The van der Waals surface area contributed by atoms with Crippen LogP contribution in [0.15, 0.2) is 24.3 Å². The Bertz CT molecular complexity index is 377. The molecule has 0 amide bonds. The van der Waals surface area contributed by atoms with E-state index in [1.807, 2.05) is 31.2 Å². The minimum Gasteiger partial charge on any atom is -0.481 e. The fourth-order valence-electron chi connectivity index (χ4n) is 1.95. The van der Waals surface area contributed by atoms with Gasteiger partial charge < -0.3 is 15.6 Å². The molecular formula is C13H19NO3. The molecule has 0 fully saturated rings. The number of nitrogens with two attached hydrogens (primary N) is 1. The van der Waals surface area contributed by atoms with E-state index >= 15 is 0 Å². The largest absolute Gasteiger partial charge is 0.481 e. The fourth-order valence-corrected chi connectivity index (χ4v) is 1.95. The van der Waals surface area contributed by atoms with Crippen LogP contribution in [-0.2, 0) is 16.1 Å². The van der Waals surface area contributed by atoms with Crippen LogP contribution in [0.1, 0.15) is 30.4 Å². The van der Waals surface area contributed by atoms with Crippen LogP contribution >= 0.6 is 0 Å². The van der Waals surface area contributed by atoms with Crippen molar-refractivity contribution in [2.24, 2.45) is 5.73 Å². The predicted molar refractivity (Wildman–Crippen MR) is 65.8 cm³/mol. The molecule has 4 heteroatoms. The van der Waals surface area contributed by atoms with E-state index in [1.54, 1.807) is 7.11 Å². The number of carboxylic acid groups (broad SMARTS) is 1. The van der Waals surface area contributed by atoms with E-state index in [4.69, 9.17) is 15.6 Å². The second-order valence-electron chi connectivity index (χ2n) is 4.20. The van der Waals surface area contributed by atoms with Crippen molar-refractivity contribution < 1.29 is 14.6 Å². The molecule has 4 nitrogen and oxygen atoms in total. The van der Waals surface area contributed by atoms with Crippen LogP contribution in [0.5, 0.6) is 0 Å². The first-order valence-corrected chi connectivity index (χ1v) is 5.60. The average Bonchev–Trinajstić information content (AvgIpc) is 2.27. The Labute approximate surface area is 101 Å². The van der Waals surface area contributed by atoms with E-state index in [9.17, 15) is 4.79 Å². The van der Waals surface area contributed by atoms with Gasteiger partial charge in [-0.25, -0.2) is 0 Å². The molecule has 0 heterocycles. The second-order valence-corrected chi connectivity index (χ2v) is 4.20. The number of aliphatic carboxylic acids is 1. The number of benzene rings is 1. The number of methoxy groups -OCH3 is 1. The van der Waals surface area contributed by atoms with Crippen molar-refractivity contribution >= 4 is 5.97 Å². The molecule has 0 aliphatic carbocycles. The summed E-state index contributed by atoms with van der Waals surface area (Å²) in [7, 11) is 1.62. The molecule has 0 radical (unpaired) electrons. The number of ether oxygens (including phenoxy) is 1. The molecule has 1 rings (SSSR count). The van der Waals surface area contributed by atoms with Gasteiger partial charge in [-0.05, 0) is 18.1 Å². The van der Waals surface area contributed by atoms with E-state index < -0.39 is 5.97 Å². The first-order valence-electron chi connectivity index (χ1n) is 5.60. The SMILES string of the molecule is COCc1ccccc1C(CC(=O)O)C(C)N. The molecule has 0 aromatic heterocycles. The maximum atomic E-state index is 10.9. The monoisotopic (exact) mass is 237 g/mol. The van der Waals surface area contributed by atoms with Crippen LogP contribution in [0, 0.1) is 0 Å². The van der Waals surface area contributed by atoms with Crippen LogP contribution in [0.25, 0.3) is 0 Å². The Balaban J connectivity index is 3.04. The van der Waals surface area contributed by atoms with E-state index in [-0.39, 0.29) is 18.4 Å². The molecular weight excluding hydrogens is 218 g/mol. The summed E-state index contributed by atoms with van der Waals surface area (Å²) in [6.07, 6.45) is 0.0401. The van der Waals surface area contributed by atoms with E-state index in [0.29, 0.717) is 6.61 Å². The highest BCUT2D eigenvalue weighted by Gasteiger charge is 2.21. The highest BCUT2D eigenvalue weighted by molar-refractivity contribution is 5.68. The normalized spacial score (nSPS) is 14.3. The predicted octanol–water partition coefficient (Wildman–Crippen LogP) is 1.74. The standard InChI is InChI=1S/C13H19NO3/c1-9(14)12(7-13(15)16)11-6-4-3-5-10(11)8-17-2/h3-6,9,12H,7-8,14H2,1-2H3,(H,15,16). The first kappa shape index (κ1) is 13.7. The molecule has 1 aromatic carbocycles. The highest BCUT2D eigenvalue weighted by Crippen LogP contribution is 2.26. The van der Waals surface area contributed by atoms with Gasteiger partial charge in [0, 0.05) is 19.1 Å². The Hall–Kier alpha value is -1.39. The van der Waals surface area contributed by atoms with Gasteiger partial charge in [-0.2, -0.15) is 0 Å². The van der Waals surface area contributed by atoms with Gasteiger partial charge in [-0.1, -0.05) is 24.3 Å². The molecule has 1 aromatic rings. The third-order valence-electron chi connectivity index (χ3n) is 2.78. The smallest absolute Gasteiger partial charge is 0.304 e. The van der Waals surface area contributed by atoms with Crippen molar-refractivity contribution in [1.29, 1.82) is 0 Å². The zero-order valence-corrected chi connectivity index (χ0v) is 10.2. The Morgan fingerprint density at radius 1 is 1.47 bits per heavy atom. The van der Waals surface area contributed by atoms with Crippen molar-refractivity contribution in [3.05, 3.63) is 35.4 Å². The van der Waals surface area contributed by atoms with Crippen molar-refractivity contribution in [2.45, 2.75) is 31.9 Å². The minimum absolute atomic E-state index is 0.0401. The van der Waals surface area contributed by atoms with Crippen molar-refractivity contribution in [2.75, 3.05) is 7.11 Å². The lowest BCUT2D eigenvalue weighted by atomic mass is 9.87. The highest BCUT2D eigenvalue weighted by atomic mass is 16.5. The van der Waals surface area contributed by atoms with Gasteiger partial charge in [-0.15, -0.1) is 0 Å². The van der Waals surface area contributed by atoms with Gasteiger partial charge in [-0.3, -0.25) is 4.79 Å². The molecule has 2 atom stereocenters. The zero-order chi connectivity index (χ0) is 12.8. The third kappa shape index (κ3) is 3.84. The maximum absolute atomic E-state index is 10.9. The van der Waals surface area contributed by atoms with Crippen molar-refractivity contribution in [3.63, 3.8) is 0 Å². The number of carboxylic acids is 1. The van der Waals surface area contributed by atoms with Crippen LogP contribution < -0.4 is 5.73 Å². The van der Waals surface area contributed by atoms with Gasteiger partial charge in [0.2, 0.25) is 0 Å². The summed E-state index contributed by atoms with van der Waals surface area (Å²) in [6, 6.07) is 7.47. The molecule has 0 aliphatic rings. The molecule has 2 unspecified atom stereocenters. The summed E-state index contributed by atoms with van der Waals surface area (Å²) in [5, 5.41) is 8.93. The van der Waals surface area contributed by atoms with E-state index in [0.717, 1.165) is 11.1 Å². The molecule has 0 bridgehead atoms. The van der Waals surface area contributed by atoms with Gasteiger partial charge >= 0.3 is 5.97 Å². The number of carbonyl (C=O) groups is 1. The summed E-state index contributed by atoms with van der Waals surface area (Å²) < 4.78 is 5.12. The Morgan fingerprint density at radius 3 is 2.65 bits per heavy atom. The molecule has 94 valence electrons. The molecule has 17 heavy (non-hydrogen) atoms. The van der Waals surface area contributed by atoms with E-state index in [1.165, 1.54) is 0 Å². The lowest BCUT2D eigenvalue weighted by molar-refractivity contribution is -0.137. The second kappa shape index (κ2) is 6.37. The topological polar surface area (TPSA) is 72.5 Å². The average molecular weight is 237 g/mol. The van der Waals surface area contributed by atoms with E-state index in [2.05, 4.69) is 0 Å². The molecule has 0 spiro atoms. The molecule has 0 saturated carbocycles. The van der Waals surface area contributed by atoms with Crippen molar-refractivity contribution in [1.82, 2.24) is 0 Å². The van der Waals surface area contributed by atoms with Crippen LogP contribution in [-0.4, -0.2) is 24.2 Å². The Morgan fingerprint density at radius 2 is 2.12 bits per heavy atom. The number of hydrogen-bond donors (Lipinski definition) is 2. The van der Waals surface area contributed by atoms with Crippen molar-refractivity contribution in [3.8, 4) is 0 Å². The van der Waals surface area contributed by atoms with Crippen LogP contribution in [0.2, 0.25) is 0 Å². The van der Waals surface area contributed by atoms with Gasteiger partial charge in [0.1, 0.15) is 0 Å². The Kier molecular flexibility index (Phi) is 5.12.